The molecular formula is C32H63NO3. The van der Waals surface area contributed by atoms with Crippen molar-refractivity contribution in [2.45, 2.75) is 180 Å². The van der Waals surface area contributed by atoms with Crippen molar-refractivity contribution in [3.63, 3.8) is 0 Å². The van der Waals surface area contributed by atoms with Gasteiger partial charge in [0, 0.05) is 6.42 Å². The number of carbonyl (C=O) groups is 1. The van der Waals surface area contributed by atoms with Gasteiger partial charge in [0.1, 0.15) is 0 Å². The lowest BCUT2D eigenvalue weighted by Gasteiger charge is -2.22. The highest BCUT2D eigenvalue weighted by atomic mass is 16.3. The van der Waals surface area contributed by atoms with Crippen LogP contribution in [0.25, 0.3) is 0 Å². The molecule has 0 aliphatic rings. The van der Waals surface area contributed by atoms with Crippen LogP contribution in [0.1, 0.15) is 168 Å². The van der Waals surface area contributed by atoms with Crippen LogP contribution in [0.2, 0.25) is 0 Å². The largest absolute Gasteiger partial charge is 0.394 e. The van der Waals surface area contributed by atoms with Crippen LogP contribution in [0.3, 0.4) is 0 Å². The van der Waals surface area contributed by atoms with Crippen molar-refractivity contribution in [2.24, 2.45) is 0 Å². The molecule has 36 heavy (non-hydrogen) atoms. The van der Waals surface area contributed by atoms with Gasteiger partial charge in [-0.3, -0.25) is 4.79 Å². The summed E-state index contributed by atoms with van der Waals surface area (Å²) in [6.45, 7) is 4.31. The van der Waals surface area contributed by atoms with Crippen molar-refractivity contribution < 1.29 is 15.0 Å². The molecule has 0 aliphatic heterocycles. The minimum Gasteiger partial charge on any atom is -0.394 e. The van der Waals surface area contributed by atoms with Crippen molar-refractivity contribution in [1.82, 2.24) is 5.32 Å². The Morgan fingerprint density at radius 2 is 1.06 bits per heavy atom. The molecule has 0 bridgehead atoms. The van der Waals surface area contributed by atoms with E-state index in [4.69, 9.17) is 0 Å². The van der Waals surface area contributed by atoms with Crippen molar-refractivity contribution >= 4 is 5.91 Å². The summed E-state index contributed by atoms with van der Waals surface area (Å²) < 4.78 is 0. The number of aliphatic hydroxyl groups is 2. The van der Waals surface area contributed by atoms with Crippen LogP contribution in [0.5, 0.6) is 0 Å². The van der Waals surface area contributed by atoms with Gasteiger partial charge in [-0.05, 0) is 38.5 Å². The molecule has 0 rings (SSSR count). The summed E-state index contributed by atoms with van der Waals surface area (Å²) in [4.78, 5) is 12.2. The van der Waals surface area contributed by atoms with Gasteiger partial charge >= 0.3 is 0 Å². The van der Waals surface area contributed by atoms with Crippen molar-refractivity contribution in [3.05, 3.63) is 12.2 Å². The van der Waals surface area contributed by atoms with E-state index >= 15 is 0 Å². The molecule has 4 nitrogen and oxygen atoms in total. The molecule has 0 aromatic heterocycles. The molecule has 0 aliphatic carbocycles. The van der Waals surface area contributed by atoms with Gasteiger partial charge in [0.05, 0.1) is 18.8 Å². The zero-order valence-electron chi connectivity index (χ0n) is 24.3. The Kier molecular flexibility index (Phi) is 28.0. The average Bonchev–Trinajstić information content (AvgIpc) is 2.88. The minimum absolute atomic E-state index is 0.0435. The minimum atomic E-state index is -0.655. The first kappa shape index (κ1) is 35.1. The van der Waals surface area contributed by atoms with Crippen molar-refractivity contribution in [3.8, 4) is 0 Å². The number of amides is 1. The number of unbranched alkanes of at least 4 members (excludes halogenated alkanes) is 19. The Morgan fingerprint density at radius 3 is 1.53 bits per heavy atom. The molecule has 0 aromatic carbocycles. The van der Waals surface area contributed by atoms with Gasteiger partial charge in [-0.1, -0.05) is 135 Å². The summed E-state index contributed by atoms with van der Waals surface area (Å²) in [5.41, 5.74) is 0. The van der Waals surface area contributed by atoms with E-state index in [9.17, 15) is 15.0 Å². The number of rotatable bonds is 28. The molecule has 2 atom stereocenters. The predicted molar refractivity (Wildman–Crippen MR) is 156 cm³/mol. The molecule has 3 N–H and O–H groups in total. The molecule has 0 unspecified atom stereocenters. The van der Waals surface area contributed by atoms with Gasteiger partial charge in [0.25, 0.3) is 0 Å². The summed E-state index contributed by atoms with van der Waals surface area (Å²) in [5.74, 6) is -0.0435. The maximum atomic E-state index is 12.2. The lowest BCUT2D eigenvalue weighted by atomic mass is 10.0. The van der Waals surface area contributed by atoms with Crippen molar-refractivity contribution in [1.29, 1.82) is 0 Å². The quantitative estimate of drug-likeness (QED) is 0.0729. The first-order valence-electron chi connectivity index (χ1n) is 15.9. The summed E-state index contributed by atoms with van der Waals surface area (Å²) in [5, 5.41) is 22.9. The highest BCUT2D eigenvalue weighted by Crippen LogP contribution is 2.14. The van der Waals surface area contributed by atoms with Gasteiger partial charge in [0.2, 0.25) is 5.91 Å². The summed E-state index contributed by atoms with van der Waals surface area (Å²) in [6.07, 6.45) is 32.5. The molecule has 0 aromatic rings. The summed E-state index contributed by atoms with van der Waals surface area (Å²) in [6, 6.07) is -0.533. The van der Waals surface area contributed by atoms with E-state index in [2.05, 4.69) is 31.3 Å². The van der Waals surface area contributed by atoms with Gasteiger partial charge in [0.15, 0.2) is 0 Å². The van der Waals surface area contributed by atoms with E-state index in [1.807, 2.05) is 0 Å². The first-order valence-corrected chi connectivity index (χ1v) is 15.9. The second kappa shape index (κ2) is 28.7. The van der Waals surface area contributed by atoms with Crippen LogP contribution >= 0.6 is 0 Å². The Labute approximate surface area is 225 Å². The Hall–Kier alpha value is -0.870. The highest BCUT2D eigenvalue weighted by molar-refractivity contribution is 5.76. The zero-order valence-corrected chi connectivity index (χ0v) is 24.3. The smallest absolute Gasteiger partial charge is 0.220 e. The molecule has 0 fully saturated rings. The van der Waals surface area contributed by atoms with Gasteiger partial charge in [-0.2, -0.15) is 0 Å². The van der Waals surface area contributed by atoms with E-state index in [0.717, 1.165) is 25.7 Å². The van der Waals surface area contributed by atoms with Crippen LogP contribution in [-0.2, 0) is 4.79 Å². The first-order chi connectivity index (χ1) is 17.7. The van der Waals surface area contributed by atoms with Crippen LogP contribution in [0.15, 0.2) is 12.2 Å². The topological polar surface area (TPSA) is 69.6 Å². The number of hydrogen-bond donors (Lipinski definition) is 3. The Bertz CT molecular complexity index is 480. The molecular weight excluding hydrogens is 446 g/mol. The second-order valence-corrected chi connectivity index (χ2v) is 10.9. The fourth-order valence-corrected chi connectivity index (χ4v) is 4.76. The second-order valence-electron chi connectivity index (χ2n) is 10.9. The standard InChI is InChI=1S/C32H63NO3/c1-3-5-7-9-11-13-15-16-17-18-20-22-24-26-28-32(36)33-30(29-34)31(35)27-25-23-21-19-14-12-10-8-6-4-2/h15-16,30-31,34-35H,3-14,17-29H2,1-2H3,(H,33,36)/b16-15+/t30-,31+/m0/s1. The van der Waals surface area contributed by atoms with E-state index in [1.54, 1.807) is 0 Å². The third kappa shape index (κ3) is 24.8. The number of carbonyl (C=O) groups excluding carboxylic acids is 1. The lowest BCUT2D eigenvalue weighted by Crippen LogP contribution is -2.45. The van der Waals surface area contributed by atoms with Crippen LogP contribution in [0.4, 0.5) is 0 Å². The van der Waals surface area contributed by atoms with Gasteiger partial charge in [-0.25, -0.2) is 0 Å². The molecule has 0 spiro atoms. The molecule has 0 saturated carbocycles. The zero-order chi connectivity index (χ0) is 26.5. The van der Waals surface area contributed by atoms with Gasteiger partial charge < -0.3 is 15.5 Å². The Balaban J connectivity index is 3.61. The Morgan fingerprint density at radius 1 is 0.639 bits per heavy atom. The monoisotopic (exact) mass is 509 g/mol. The third-order valence-electron chi connectivity index (χ3n) is 7.28. The molecule has 0 saturated heterocycles. The van der Waals surface area contributed by atoms with Gasteiger partial charge in [-0.15, -0.1) is 0 Å². The SMILES string of the molecule is CCCCCCC/C=C/CCCCCCCC(=O)N[C@@H](CO)[C@H](O)CCCCCCCCCCCC. The summed E-state index contributed by atoms with van der Waals surface area (Å²) >= 11 is 0. The van der Waals surface area contributed by atoms with E-state index < -0.39 is 12.1 Å². The number of hydrogen-bond acceptors (Lipinski definition) is 3. The maximum Gasteiger partial charge on any atom is 0.220 e. The highest BCUT2D eigenvalue weighted by Gasteiger charge is 2.19. The molecule has 214 valence electrons. The molecule has 0 radical (unpaired) electrons. The predicted octanol–water partition coefficient (Wildman–Crippen LogP) is 8.78. The third-order valence-corrected chi connectivity index (χ3v) is 7.28. The lowest BCUT2D eigenvalue weighted by molar-refractivity contribution is -0.123. The number of allylic oxidation sites excluding steroid dienone is 2. The molecule has 0 heterocycles. The summed E-state index contributed by atoms with van der Waals surface area (Å²) in [7, 11) is 0. The van der Waals surface area contributed by atoms with Crippen LogP contribution < -0.4 is 5.32 Å². The number of aliphatic hydroxyl groups excluding tert-OH is 2. The number of nitrogens with one attached hydrogen (secondary N) is 1. The average molecular weight is 510 g/mol. The maximum absolute atomic E-state index is 12.2. The fourth-order valence-electron chi connectivity index (χ4n) is 4.76. The normalized spacial score (nSPS) is 13.3. The van der Waals surface area contributed by atoms with Crippen molar-refractivity contribution in [2.75, 3.05) is 6.61 Å². The fraction of sp³-hybridized carbons (Fsp3) is 0.906. The van der Waals surface area contributed by atoms with Crippen LogP contribution in [0, 0.1) is 0 Å². The van der Waals surface area contributed by atoms with E-state index in [-0.39, 0.29) is 12.5 Å². The van der Waals surface area contributed by atoms with E-state index in [0.29, 0.717) is 12.8 Å². The van der Waals surface area contributed by atoms with E-state index in [1.165, 1.54) is 116 Å². The van der Waals surface area contributed by atoms with Crippen LogP contribution in [-0.4, -0.2) is 34.9 Å². The molecule has 1 amide bonds. The molecule has 4 heteroatoms.